The Hall–Kier alpha value is -1.10. The van der Waals surface area contributed by atoms with E-state index in [9.17, 15) is 17.6 Å². The Morgan fingerprint density at radius 1 is 1.29 bits per heavy atom. The Labute approximate surface area is 97.8 Å². The van der Waals surface area contributed by atoms with Gasteiger partial charge in [-0.05, 0) is 43.1 Å². The highest BCUT2D eigenvalue weighted by Gasteiger charge is 2.41. The molecule has 0 heterocycles. The minimum absolute atomic E-state index is 0.0500. The molecule has 0 aliphatic heterocycles. The maximum atomic E-state index is 13.0. The average molecular weight is 249 g/mol. The van der Waals surface area contributed by atoms with E-state index in [0.717, 1.165) is 12.1 Å². The quantitative estimate of drug-likeness (QED) is 0.801. The maximum absolute atomic E-state index is 13.0. The summed E-state index contributed by atoms with van der Waals surface area (Å²) in [5.41, 5.74) is 0.378. The molecule has 0 saturated carbocycles. The smallest absolute Gasteiger partial charge is 0.302 e. The first-order valence-electron chi connectivity index (χ1n) is 5.42. The van der Waals surface area contributed by atoms with Crippen LogP contribution >= 0.6 is 0 Å². The summed E-state index contributed by atoms with van der Waals surface area (Å²) >= 11 is 0. The second-order valence-electron chi connectivity index (χ2n) is 3.93. The maximum Gasteiger partial charge on any atom is 0.407 e. The van der Waals surface area contributed by atoms with Gasteiger partial charge in [0.1, 0.15) is 11.9 Å². The molecule has 1 N–H and O–H groups in total. The number of nitrogens with one attached hydrogen (secondary N) is 1. The van der Waals surface area contributed by atoms with Gasteiger partial charge in [-0.3, -0.25) is 0 Å². The molecule has 1 aromatic rings. The van der Waals surface area contributed by atoms with Crippen LogP contribution in [0.1, 0.15) is 30.5 Å². The molecule has 0 amide bonds. The molecule has 0 saturated heterocycles. The zero-order chi connectivity index (χ0) is 13.1. The summed E-state index contributed by atoms with van der Waals surface area (Å²) in [6.45, 7) is 3.56. The van der Waals surface area contributed by atoms with Crippen molar-refractivity contribution in [3.05, 3.63) is 35.1 Å². The highest BCUT2D eigenvalue weighted by atomic mass is 19.4. The van der Waals surface area contributed by atoms with Crippen LogP contribution < -0.4 is 5.32 Å². The summed E-state index contributed by atoms with van der Waals surface area (Å²) in [5.74, 6) is -0.654. The fourth-order valence-corrected chi connectivity index (χ4v) is 1.61. The molecule has 0 aromatic heterocycles. The summed E-state index contributed by atoms with van der Waals surface area (Å²) in [7, 11) is 0. The average Bonchev–Trinajstić information content (AvgIpc) is 2.21. The van der Waals surface area contributed by atoms with Crippen molar-refractivity contribution in [3.8, 4) is 0 Å². The molecule has 1 nitrogen and oxygen atoms in total. The van der Waals surface area contributed by atoms with Crippen LogP contribution in [0.15, 0.2) is 18.2 Å². The lowest BCUT2D eigenvalue weighted by molar-refractivity contribution is -0.157. The van der Waals surface area contributed by atoms with Gasteiger partial charge in [-0.2, -0.15) is 13.2 Å². The molecule has 0 bridgehead atoms. The summed E-state index contributed by atoms with van der Waals surface area (Å²) in [5, 5.41) is 2.40. The van der Waals surface area contributed by atoms with Gasteiger partial charge in [0.15, 0.2) is 0 Å². The van der Waals surface area contributed by atoms with Gasteiger partial charge in [-0.15, -0.1) is 0 Å². The van der Waals surface area contributed by atoms with E-state index in [1.165, 1.54) is 6.07 Å². The zero-order valence-electron chi connectivity index (χ0n) is 9.74. The molecule has 1 unspecified atom stereocenters. The van der Waals surface area contributed by atoms with Gasteiger partial charge >= 0.3 is 6.18 Å². The monoisotopic (exact) mass is 249 g/mol. The molecule has 1 aromatic carbocycles. The first-order valence-corrected chi connectivity index (χ1v) is 5.42. The number of aryl methyl sites for hydroxylation is 1. The summed E-state index contributed by atoms with van der Waals surface area (Å²) in [4.78, 5) is 0. The minimum atomic E-state index is -4.42. The largest absolute Gasteiger partial charge is 0.407 e. The molecule has 0 radical (unpaired) electrons. The SMILES string of the molecule is CCCNC(c1cc(F)ccc1C)C(F)(F)F. The lowest BCUT2D eigenvalue weighted by Crippen LogP contribution is -2.35. The fraction of sp³-hybridized carbons (Fsp3) is 0.500. The topological polar surface area (TPSA) is 12.0 Å². The van der Waals surface area contributed by atoms with E-state index in [4.69, 9.17) is 0 Å². The molecule has 5 heteroatoms. The van der Waals surface area contributed by atoms with E-state index >= 15 is 0 Å². The first kappa shape index (κ1) is 14.0. The highest BCUT2D eigenvalue weighted by molar-refractivity contribution is 5.30. The van der Waals surface area contributed by atoms with Crippen molar-refractivity contribution >= 4 is 0 Å². The molecular weight excluding hydrogens is 234 g/mol. The van der Waals surface area contributed by atoms with Crippen molar-refractivity contribution in [2.24, 2.45) is 0 Å². The van der Waals surface area contributed by atoms with Crippen LogP contribution in [-0.2, 0) is 0 Å². The lowest BCUT2D eigenvalue weighted by atomic mass is 10.0. The normalized spacial score (nSPS) is 13.8. The lowest BCUT2D eigenvalue weighted by Gasteiger charge is -2.23. The third kappa shape index (κ3) is 3.70. The number of hydrogen-bond acceptors (Lipinski definition) is 1. The Balaban J connectivity index is 3.08. The van der Waals surface area contributed by atoms with Gasteiger partial charge < -0.3 is 5.32 Å². The van der Waals surface area contributed by atoms with Crippen molar-refractivity contribution < 1.29 is 17.6 Å². The van der Waals surface area contributed by atoms with E-state index in [0.29, 0.717) is 12.0 Å². The van der Waals surface area contributed by atoms with E-state index in [2.05, 4.69) is 5.32 Å². The van der Waals surface area contributed by atoms with E-state index in [-0.39, 0.29) is 12.1 Å². The summed E-state index contributed by atoms with van der Waals surface area (Å²) in [6.07, 6.45) is -3.84. The minimum Gasteiger partial charge on any atom is -0.302 e. The molecule has 0 aliphatic carbocycles. The molecule has 1 rings (SSSR count). The first-order chi connectivity index (χ1) is 7.86. The van der Waals surface area contributed by atoms with Crippen molar-refractivity contribution in [2.45, 2.75) is 32.5 Å². The summed E-state index contributed by atoms with van der Waals surface area (Å²) < 4.78 is 51.6. The number of hydrogen-bond donors (Lipinski definition) is 1. The molecular formula is C12H15F4N. The second kappa shape index (κ2) is 5.49. The molecule has 96 valence electrons. The number of alkyl halides is 3. The Morgan fingerprint density at radius 3 is 2.47 bits per heavy atom. The summed E-state index contributed by atoms with van der Waals surface area (Å²) in [6, 6.07) is 1.65. The van der Waals surface area contributed by atoms with Gasteiger partial charge in [0.2, 0.25) is 0 Å². The molecule has 0 fully saturated rings. The Bertz CT molecular complexity index is 373. The Morgan fingerprint density at radius 2 is 1.94 bits per heavy atom. The van der Waals surface area contributed by atoms with E-state index in [1.54, 1.807) is 13.8 Å². The zero-order valence-corrected chi connectivity index (χ0v) is 9.74. The molecule has 17 heavy (non-hydrogen) atoms. The van der Waals surface area contributed by atoms with Crippen molar-refractivity contribution in [3.63, 3.8) is 0 Å². The molecule has 0 spiro atoms. The van der Waals surface area contributed by atoms with Crippen molar-refractivity contribution in [1.29, 1.82) is 0 Å². The van der Waals surface area contributed by atoms with Crippen LogP contribution in [0.2, 0.25) is 0 Å². The van der Waals surface area contributed by atoms with E-state index in [1.807, 2.05) is 0 Å². The highest BCUT2D eigenvalue weighted by Crippen LogP contribution is 2.34. The fourth-order valence-electron chi connectivity index (χ4n) is 1.61. The van der Waals surface area contributed by atoms with Gasteiger partial charge in [-0.25, -0.2) is 4.39 Å². The van der Waals surface area contributed by atoms with Gasteiger partial charge in [0, 0.05) is 0 Å². The van der Waals surface area contributed by atoms with Crippen molar-refractivity contribution in [2.75, 3.05) is 6.54 Å². The van der Waals surface area contributed by atoms with Crippen LogP contribution in [-0.4, -0.2) is 12.7 Å². The Kier molecular flexibility index (Phi) is 4.51. The predicted octanol–water partition coefficient (Wildman–Crippen LogP) is 3.74. The molecule has 1 atom stereocenters. The van der Waals surface area contributed by atoms with Crippen LogP contribution in [0.25, 0.3) is 0 Å². The molecule has 0 aliphatic rings. The van der Waals surface area contributed by atoms with Gasteiger partial charge in [-0.1, -0.05) is 13.0 Å². The third-order valence-electron chi connectivity index (χ3n) is 2.48. The van der Waals surface area contributed by atoms with Crippen LogP contribution in [0.5, 0.6) is 0 Å². The second-order valence-corrected chi connectivity index (χ2v) is 3.93. The van der Waals surface area contributed by atoms with Crippen LogP contribution in [0.4, 0.5) is 17.6 Å². The van der Waals surface area contributed by atoms with Crippen LogP contribution in [0.3, 0.4) is 0 Å². The third-order valence-corrected chi connectivity index (χ3v) is 2.48. The van der Waals surface area contributed by atoms with E-state index < -0.39 is 18.0 Å². The number of rotatable bonds is 4. The van der Waals surface area contributed by atoms with Gasteiger partial charge in [0.05, 0.1) is 0 Å². The van der Waals surface area contributed by atoms with Gasteiger partial charge in [0.25, 0.3) is 0 Å². The number of benzene rings is 1. The van der Waals surface area contributed by atoms with Crippen molar-refractivity contribution in [1.82, 2.24) is 5.32 Å². The van der Waals surface area contributed by atoms with Crippen LogP contribution in [0, 0.1) is 12.7 Å². The number of halogens is 4. The predicted molar refractivity (Wildman–Crippen MR) is 58.2 cm³/mol. The standard InChI is InChI=1S/C12H15F4N/c1-3-6-17-11(12(14,15)16)10-7-9(13)5-4-8(10)2/h4-5,7,11,17H,3,6H2,1-2H3.